The first kappa shape index (κ1) is 13.9. The third-order valence-electron chi connectivity index (χ3n) is 3.62. The van der Waals surface area contributed by atoms with Gasteiger partial charge in [0.05, 0.1) is 0 Å². The summed E-state index contributed by atoms with van der Waals surface area (Å²) in [5, 5.41) is 7.00. The molecule has 4 nitrogen and oxygen atoms in total. The highest BCUT2D eigenvalue weighted by Gasteiger charge is 2.14. The molecule has 1 fully saturated rings. The van der Waals surface area contributed by atoms with Crippen LogP contribution in [-0.4, -0.2) is 37.0 Å². The zero-order valence-electron chi connectivity index (χ0n) is 11.8. The Labute approximate surface area is 115 Å². The zero-order chi connectivity index (χ0) is 13.7. The van der Waals surface area contributed by atoms with Crippen LogP contribution in [0, 0.1) is 0 Å². The summed E-state index contributed by atoms with van der Waals surface area (Å²) in [6.07, 6.45) is 2.41. The van der Waals surface area contributed by atoms with Crippen LogP contribution in [0.5, 0.6) is 0 Å². The van der Waals surface area contributed by atoms with Gasteiger partial charge in [0.2, 0.25) is 5.91 Å². The molecule has 104 valence electrons. The number of piperidine rings is 1. The normalized spacial score (nSPS) is 18.9. The maximum Gasteiger partial charge on any atom is 0.219 e. The molecule has 1 aliphatic heterocycles. The predicted octanol–water partition coefficient (Wildman–Crippen LogP) is 1.83. The average molecular weight is 261 g/mol. The summed E-state index contributed by atoms with van der Waals surface area (Å²) in [5.41, 5.74) is 2.31. The molecule has 4 heteroatoms. The number of nitrogens with zero attached hydrogens (tertiary/aromatic N) is 1. The van der Waals surface area contributed by atoms with Crippen LogP contribution in [0.4, 0.5) is 5.69 Å². The number of hydrogen-bond acceptors (Lipinski definition) is 3. The third kappa shape index (κ3) is 3.96. The molecule has 1 aromatic carbocycles. The lowest BCUT2D eigenvalue weighted by Gasteiger charge is -2.26. The fourth-order valence-corrected chi connectivity index (χ4v) is 2.36. The fourth-order valence-electron chi connectivity index (χ4n) is 2.36. The Balaban J connectivity index is 2.04. The number of rotatable bonds is 4. The van der Waals surface area contributed by atoms with E-state index in [1.165, 1.54) is 18.4 Å². The van der Waals surface area contributed by atoms with E-state index in [0.29, 0.717) is 12.6 Å². The van der Waals surface area contributed by atoms with Crippen molar-refractivity contribution in [3.8, 4) is 0 Å². The van der Waals surface area contributed by atoms with Gasteiger partial charge in [-0.15, -0.1) is 0 Å². The smallest absolute Gasteiger partial charge is 0.219 e. The fraction of sp³-hybridized carbons (Fsp3) is 0.533. The van der Waals surface area contributed by atoms with Crippen molar-refractivity contribution in [3.05, 3.63) is 29.8 Å². The highest BCUT2D eigenvalue weighted by atomic mass is 16.2. The maximum absolute atomic E-state index is 11.3. The molecule has 0 saturated carbocycles. The highest BCUT2D eigenvalue weighted by Crippen LogP contribution is 2.19. The lowest BCUT2D eigenvalue weighted by molar-refractivity contribution is -0.128. The van der Waals surface area contributed by atoms with Crippen molar-refractivity contribution in [1.82, 2.24) is 10.2 Å². The molecule has 2 rings (SSSR count). The summed E-state index contributed by atoms with van der Waals surface area (Å²) in [5.74, 6) is 0.0918. The quantitative estimate of drug-likeness (QED) is 0.869. The second kappa shape index (κ2) is 6.57. The van der Waals surface area contributed by atoms with Crippen molar-refractivity contribution < 1.29 is 4.79 Å². The van der Waals surface area contributed by atoms with Crippen LogP contribution < -0.4 is 10.6 Å². The van der Waals surface area contributed by atoms with Crippen LogP contribution in [0.2, 0.25) is 0 Å². The van der Waals surface area contributed by atoms with Gasteiger partial charge in [0, 0.05) is 38.8 Å². The van der Waals surface area contributed by atoms with Crippen molar-refractivity contribution in [1.29, 1.82) is 0 Å². The Morgan fingerprint density at radius 1 is 1.47 bits per heavy atom. The van der Waals surface area contributed by atoms with Gasteiger partial charge in [-0.3, -0.25) is 4.79 Å². The Kier molecular flexibility index (Phi) is 4.80. The molecule has 1 amide bonds. The first-order valence-corrected chi connectivity index (χ1v) is 6.93. The number of benzene rings is 1. The lowest BCUT2D eigenvalue weighted by atomic mass is 10.1. The SMILES string of the molecule is CC(=O)N(C)Cc1ccccc1NC1CCCNC1. The van der Waals surface area contributed by atoms with E-state index >= 15 is 0 Å². The summed E-state index contributed by atoms with van der Waals surface area (Å²) < 4.78 is 0. The van der Waals surface area contributed by atoms with Gasteiger partial charge in [-0.1, -0.05) is 18.2 Å². The van der Waals surface area contributed by atoms with Crippen LogP contribution in [0.3, 0.4) is 0 Å². The number of carbonyl (C=O) groups is 1. The molecule has 0 bridgehead atoms. The summed E-state index contributed by atoms with van der Waals surface area (Å²) in [4.78, 5) is 13.1. The van der Waals surface area contributed by atoms with E-state index < -0.39 is 0 Å². The number of anilines is 1. The summed E-state index contributed by atoms with van der Waals surface area (Å²) in [6.45, 7) is 4.38. The molecule has 0 aromatic heterocycles. The van der Waals surface area contributed by atoms with Gasteiger partial charge in [0.15, 0.2) is 0 Å². The van der Waals surface area contributed by atoms with Crippen LogP contribution in [0.15, 0.2) is 24.3 Å². The number of hydrogen-bond donors (Lipinski definition) is 2. The number of carbonyl (C=O) groups excluding carboxylic acids is 1. The molecular formula is C15H23N3O. The van der Waals surface area contributed by atoms with Crippen molar-refractivity contribution in [2.75, 3.05) is 25.5 Å². The Hall–Kier alpha value is -1.55. The molecule has 1 heterocycles. The molecular weight excluding hydrogens is 238 g/mol. The predicted molar refractivity (Wildman–Crippen MR) is 78.1 cm³/mol. The Bertz CT molecular complexity index is 427. The van der Waals surface area contributed by atoms with Gasteiger partial charge in [-0.2, -0.15) is 0 Å². The van der Waals surface area contributed by atoms with Gasteiger partial charge < -0.3 is 15.5 Å². The van der Waals surface area contributed by atoms with Crippen LogP contribution in [-0.2, 0) is 11.3 Å². The van der Waals surface area contributed by atoms with Crippen LogP contribution in [0.1, 0.15) is 25.3 Å². The van der Waals surface area contributed by atoms with E-state index in [1.54, 1.807) is 11.8 Å². The summed E-state index contributed by atoms with van der Waals surface area (Å²) >= 11 is 0. The highest BCUT2D eigenvalue weighted by molar-refractivity contribution is 5.73. The summed E-state index contributed by atoms with van der Waals surface area (Å²) in [7, 11) is 1.83. The molecule has 19 heavy (non-hydrogen) atoms. The third-order valence-corrected chi connectivity index (χ3v) is 3.62. The number of nitrogens with one attached hydrogen (secondary N) is 2. The molecule has 0 spiro atoms. The average Bonchev–Trinajstić information content (AvgIpc) is 2.42. The van der Waals surface area contributed by atoms with E-state index in [-0.39, 0.29) is 5.91 Å². The van der Waals surface area contributed by atoms with E-state index in [2.05, 4.69) is 22.8 Å². The Morgan fingerprint density at radius 2 is 2.26 bits per heavy atom. The second-order valence-corrected chi connectivity index (χ2v) is 5.22. The largest absolute Gasteiger partial charge is 0.381 e. The van der Waals surface area contributed by atoms with Crippen molar-refractivity contribution in [2.24, 2.45) is 0 Å². The summed E-state index contributed by atoms with van der Waals surface area (Å²) in [6, 6.07) is 8.72. The van der Waals surface area contributed by atoms with Crippen molar-refractivity contribution in [3.63, 3.8) is 0 Å². The van der Waals surface area contributed by atoms with Gasteiger partial charge in [-0.05, 0) is 31.0 Å². The topological polar surface area (TPSA) is 44.4 Å². The van der Waals surface area contributed by atoms with E-state index in [0.717, 1.165) is 18.8 Å². The van der Waals surface area contributed by atoms with E-state index in [4.69, 9.17) is 0 Å². The maximum atomic E-state index is 11.3. The molecule has 1 unspecified atom stereocenters. The molecule has 2 N–H and O–H groups in total. The minimum absolute atomic E-state index is 0.0918. The minimum atomic E-state index is 0.0918. The molecule has 0 aliphatic carbocycles. The first-order valence-electron chi connectivity index (χ1n) is 6.93. The number of para-hydroxylation sites is 1. The minimum Gasteiger partial charge on any atom is -0.381 e. The standard InChI is InChI=1S/C15H23N3O/c1-12(19)18(2)11-13-6-3-4-8-15(13)17-14-7-5-9-16-10-14/h3-4,6,8,14,16-17H,5,7,9-11H2,1-2H3. The van der Waals surface area contributed by atoms with Crippen LogP contribution >= 0.6 is 0 Å². The molecule has 1 aromatic rings. The van der Waals surface area contributed by atoms with E-state index in [9.17, 15) is 4.79 Å². The Morgan fingerprint density at radius 3 is 2.95 bits per heavy atom. The van der Waals surface area contributed by atoms with E-state index in [1.807, 2.05) is 19.2 Å². The van der Waals surface area contributed by atoms with Crippen LogP contribution in [0.25, 0.3) is 0 Å². The monoisotopic (exact) mass is 261 g/mol. The molecule has 1 aliphatic rings. The molecule has 1 saturated heterocycles. The van der Waals surface area contributed by atoms with Crippen molar-refractivity contribution >= 4 is 11.6 Å². The van der Waals surface area contributed by atoms with Gasteiger partial charge >= 0.3 is 0 Å². The lowest BCUT2D eigenvalue weighted by Crippen LogP contribution is -2.38. The second-order valence-electron chi connectivity index (χ2n) is 5.22. The zero-order valence-corrected chi connectivity index (χ0v) is 11.8. The first-order chi connectivity index (χ1) is 9.16. The van der Waals surface area contributed by atoms with Gasteiger partial charge in [0.1, 0.15) is 0 Å². The van der Waals surface area contributed by atoms with Gasteiger partial charge in [-0.25, -0.2) is 0 Å². The molecule has 0 radical (unpaired) electrons. The molecule has 1 atom stereocenters. The number of amides is 1. The van der Waals surface area contributed by atoms with Gasteiger partial charge in [0.25, 0.3) is 0 Å². The van der Waals surface area contributed by atoms with Crippen molar-refractivity contribution in [2.45, 2.75) is 32.4 Å².